The summed E-state index contributed by atoms with van der Waals surface area (Å²) in [4.78, 5) is 15.7. The van der Waals surface area contributed by atoms with Crippen molar-refractivity contribution in [3.8, 4) is 0 Å². The lowest BCUT2D eigenvalue weighted by Crippen LogP contribution is -2.30. The summed E-state index contributed by atoms with van der Waals surface area (Å²) < 4.78 is 10.1. The molecule has 1 N–H and O–H groups in total. The van der Waals surface area contributed by atoms with E-state index in [1.165, 1.54) is 6.20 Å². The molecule has 19 heavy (non-hydrogen) atoms. The molecule has 0 bridgehead atoms. The number of ether oxygens (including phenoxy) is 2. The van der Waals surface area contributed by atoms with Crippen molar-refractivity contribution in [2.45, 2.75) is 26.8 Å². The van der Waals surface area contributed by atoms with Gasteiger partial charge in [0, 0.05) is 13.3 Å². The molecule has 1 heterocycles. The molecule has 0 fully saturated rings. The van der Waals surface area contributed by atoms with Gasteiger partial charge in [-0.25, -0.2) is 9.78 Å². The maximum Gasteiger partial charge on any atom is 0.339 e. The number of carbonyl (C=O) groups excluding carboxylic acids is 1. The van der Waals surface area contributed by atoms with Gasteiger partial charge in [-0.05, 0) is 25.0 Å². The summed E-state index contributed by atoms with van der Waals surface area (Å²) in [6, 6.07) is 3.67. The summed E-state index contributed by atoms with van der Waals surface area (Å²) in [6.45, 7) is 6.98. The van der Waals surface area contributed by atoms with Crippen LogP contribution in [0.3, 0.4) is 0 Å². The van der Waals surface area contributed by atoms with Crippen molar-refractivity contribution in [2.24, 2.45) is 5.92 Å². The van der Waals surface area contributed by atoms with E-state index >= 15 is 0 Å². The minimum Gasteiger partial charge on any atom is -0.462 e. The van der Waals surface area contributed by atoms with Crippen molar-refractivity contribution in [3.05, 3.63) is 23.9 Å². The predicted molar refractivity (Wildman–Crippen MR) is 74.3 cm³/mol. The van der Waals surface area contributed by atoms with E-state index in [0.29, 0.717) is 24.7 Å². The van der Waals surface area contributed by atoms with Gasteiger partial charge in [0.2, 0.25) is 0 Å². The second-order valence-electron chi connectivity index (χ2n) is 4.60. The molecule has 0 saturated heterocycles. The molecule has 0 aliphatic carbocycles. The van der Waals surface area contributed by atoms with Gasteiger partial charge in [-0.15, -0.1) is 0 Å². The van der Waals surface area contributed by atoms with E-state index in [1.807, 2.05) is 0 Å². The molecule has 1 aromatic heterocycles. The van der Waals surface area contributed by atoms with E-state index in [2.05, 4.69) is 24.1 Å². The van der Waals surface area contributed by atoms with Crippen LogP contribution in [-0.2, 0) is 9.47 Å². The van der Waals surface area contributed by atoms with Gasteiger partial charge in [-0.2, -0.15) is 0 Å². The maximum absolute atomic E-state index is 11.5. The third-order valence-electron chi connectivity index (χ3n) is 2.76. The molecule has 0 saturated carbocycles. The topological polar surface area (TPSA) is 60.5 Å². The summed E-state index contributed by atoms with van der Waals surface area (Å²) in [5.41, 5.74) is 0.459. The first-order valence-electron chi connectivity index (χ1n) is 6.47. The molecule has 5 heteroatoms. The molecular formula is C14H22N2O3. The normalized spacial score (nSPS) is 12.3. The average Bonchev–Trinajstić information content (AvgIpc) is 2.39. The van der Waals surface area contributed by atoms with Gasteiger partial charge in [0.15, 0.2) is 0 Å². The third-order valence-corrected chi connectivity index (χ3v) is 2.76. The summed E-state index contributed by atoms with van der Waals surface area (Å²) in [6.07, 6.45) is 1.52. The highest BCUT2D eigenvalue weighted by Gasteiger charge is 2.14. The summed E-state index contributed by atoms with van der Waals surface area (Å²) in [5.74, 6) is 0.800. The Morgan fingerprint density at radius 3 is 2.63 bits per heavy atom. The summed E-state index contributed by atoms with van der Waals surface area (Å²) in [5, 5.41) is 3.29. The number of hydrogen-bond donors (Lipinski definition) is 1. The fourth-order valence-electron chi connectivity index (χ4n) is 1.58. The second-order valence-corrected chi connectivity index (χ2v) is 4.60. The van der Waals surface area contributed by atoms with Crippen LogP contribution in [0.25, 0.3) is 0 Å². The monoisotopic (exact) mass is 266 g/mol. The number of methoxy groups -OCH3 is 1. The van der Waals surface area contributed by atoms with Crippen LogP contribution in [0.5, 0.6) is 0 Å². The highest BCUT2D eigenvalue weighted by atomic mass is 16.5. The number of aromatic nitrogens is 1. The summed E-state index contributed by atoms with van der Waals surface area (Å²) in [7, 11) is 1.67. The average molecular weight is 266 g/mol. The maximum atomic E-state index is 11.5. The summed E-state index contributed by atoms with van der Waals surface area (Å²) >= 11 is 0. The third kappa shape index (κ3) is 4.87. The molecule has 0 radical (unpaired) electrons. The molecule has 0 spiro atoms. The first-order valence-corrected chi connectivity index (χ1v) is 6.47. The van der Waals surface area contributed by atoms with Crippen molar-refractivity contribution in [1.29, 1.82) is 0 Å². The fraction of sp³-hybridized carbons (Fsp3) is 0.571. The molecule has 0 amide bonds. The van der Waals surface area contributed by atoms with E-state index in [-0.39, 0.29) is 12.0 Å². The largest absolute Gasteiger partial charge is 0.462 e. The van der Waals surface area contributed by atoms with Gasteiger partial charge >= 0.3 is 5.97 Å². The van der Waals surface area contributed by atoms with E-state index in [1.54, 1.807) is 26.2 Å². The Balaban J connectivity index is 2.67. The molecule has 106 valence electrons. The van der Waals surface area contributed by atoms with Crippen LogP contribution in [0, 0.1) is 5.92 Å². The number of carbonyl (C=O) groups is 1. The van der Waals surface area contributed by atoms with Crippen molar-refractivity contribution in [1.82, 2.24) is 4.98 Å². The van der Waals surface area contributed by atoms with Crippen LogP contribution >= 0.6 is 0 Å². The highest BCUT2D eigenvalue weighted by molar-refractivity contribution is 5.89. The molecular weight excluding hydrogens is 244 g/mol. The molecule has 0 aromatic carbocycles. The Bertz CT molecular complexity index is 390. The lowest BCUT2D eigenvalue weighted by Gasteiger charge is -2.22. The Hall–Kier alpha value is -1.62. The van der Waals surface area contributed by atoms with Crippen LogP contribution in [0.4, 0.5) is 5.82 Å². The lowest BCUT2D eigenvalue weighted by molar-refractivity contribution is 0.0526. The number of hydrogen-bond acceptors (Lipinski definition) is 5. The van der Waals surface area contributed by atoms with Crippen molar-refractivity contribution in [3.63, 3.8) is 0 Å². The standard InChI is InChI=1S/C14H22N2O3/c1-5-19-14(17)11-6-7-13(15-8-11)16-12(9-18-4)10(2)3/h6-8,10,12H,5,9H2,1-4H3,(H,15,16). The zero-order chi connectivity index (χ0) is 14.3. The van der Waals surface area contributed by atoms with Gasteiger partial charge in [-0.3, -0.25) is 0 Å². The number of nitrogens with zero attached hydrogens (tertiary/aromatic N) is 1. The minimum atomic E-state index is -0.348. The minimum absolute atomic E-state index is 0.186. The smallest absolute Gasteiger partial charge is 0.339 e. The molecule has 1 atom stereocenters. The molecule has 0 aliphatic heterocycles. The van der Waals surface area contributed by atoms with Gasteiger partial charge in [0.1, 0.15) is 5.82 Å². The number of nitrogens with one attached hydrogen (secondary N) is 1. The van der Waals surface area contributed by atoms with E-state index < -0.39 is 0 Å². The van der Waals surface area contributed by atoms with Gasteiger partial charge in [0.05, 0.1) is 24.8 Å². The van der Waals surface area contributed by atoms with Crippen LogP contribution in [0.2, 0.25) is 0 Å². The van der Waals surface area contributed by atoms with Crippen molar-refractivity contribution in [2.75, 3.05) is 25.6 Å². The second kappa shape index (κ2) is 7.74. The van der Waals surface area contributed by atoms with Crippen molar-refractivity contribution < 1.29 is 14.3 Å². The molecule has 1 aromatic rings. The van der Waals surface area contributed by atoms with Crippen LogP contribution in [-0.4, -0.2) is 37.3 Å². The zero-order valence-corrected chi connectivity index (χ0v) is 12.0. The molecule has 5 nitrogen and oxygen atoms in total. The van der Waals surface area contributed by atoms with E-state index in [4.69, 9.17) is 9.47 Å². The number of rotatable bonds is 7. The lowest BCUT2D eigenvalue weighted by atomic mass is 10.1. The zero-order valence-electron chi connectivity index (χ0n) is 12.0. The molecule has 0 aliphatic rings. The first kappa shape index (κ1) is 15.4. The van der Waals surface area contributed by atoms with Crippen LogP contribution in [0.1, 0.15) is 31.1 Å². The highest BCUT2D eigenvalue weighted by Crippen LogP contribution is 2.12. The fourth-order valence-corrected chi connectivity index (χ4v) is 1.58. The Morgan fingerprint density at radius 2 is 2.16 bits per heavy atom. The van der Waals surface area contributed by atoms with Crippen molar-refractivity contribution >= 4 is 11.8 Å². The Morgan fingerprint density at radius 1 is 1.42 bits per heavy atom. The quantitative estimate of drug-likeness (QED) is 0.768. The van der Waals surface area contributed by atoms with Crippen LogP contribution < -0.4 is 5.32 Å². The Kier molecular flexibility index (Phi) is 6.29. The van der Waals surface area contributed by atoms with Gasteiger partial charge in [-0.1, -0.05) is 13.8 Å². The van der Waals surface area contributed by atoms with E-state index in [0.717, 1.165) is 5.82 Å². The first-order chi connectivity index (χ1) is 9.08. The molecule has 1 rings (SSSR count). The van der Waals surface area contributed by atoms with Gasteiger partial charge < -0.3 is 14.8 Å². The van der Waals surface area contributed by atoms with Crippen LogP contribution in [0.15, 0.2) is 18.3 Å². The number of pyridine rings is 1. The van der Waals surface area contributed by atoms with Gasteiger partial charge in [0.25, 0.3) is 0 Å². The Labute approximate surface area is 114 Å². The number of esters is 1. The molecule has 1 unspecified atom stereocenters. The number of anilines is 1. The predicted octanol–water partition coefficient (Wildman–Crippen LogP) is 2.34. The SMILES string of the molecule is CCOC(=O)c1ccc(NC(COC)C(C)C)nc1. The van der Waals surface area contributed by atoms with E-state index in [9.17, 15) is 4.79 Å².